The molecule has 1 aromatic rings. The number of allylic oxidation sites excluding steroid dienone is 1. The maximum atomic E-state index is 8.38. The van der Waals surface area contributed by atoms with Crippen molar-refractivity contribution in [1.29, 1.82) is 5.26 Å². The molecule has 0 bridgehead atoms. The van der Waals surface area contributed by atoms with Gasteiger partial charge >= 0.3 is 0 Å². The van der Waals surface area contributed by atoms with E-state index in [1.807, 2.05) is 12.1 Å². The predicted molar refractivity (Wildman–Crippen MR) is 56.9 cm³/mol. The molecule has 0 aliphatic heterocycles. The molecule has 0 fully saturated rings. The van der Waals surface area contributed by atoms with E-state index in [1.165, 1.54) is 6.08 Å². The van der Waals surface area contributed by atoms with E-state index < -0.39 is 0 Å². The summed E-state index contributed by atoms with van der Waals surface area (Å²) in [5.74, 6) is 0. The van der Waals surface area contributed by atoms with Crippen LogP contribution in [-0.4, -0.2) is 0 Å². The highest BCUT2D eigenvalue weighted by Crippen LogP contribution is 2.24. The molecule has 2 N–H and O–H groups in total. The Morgan fingerprint density at radius 3 is 2.85 bits per heavy atom. The number of halogens is 2. The lowest BCUT2D eigenvalue weighted by molar-refractivity contribution is 1.48. The summed E-state index contributed by atoms with van der Waals surface area (Å²) in [4.78, 5) is 0. The fourth-order valence-corrected chi connectivity index (χ4v) is 1.65. The van der Waals surface area contributed by atoms with Gasteiger partial charge in [0.15, 0.2) is 0 Å². The molecule has 0 saturated carbocycles. The normalized spacial score (nSPS) is 11.0. The van der Waals surface area contributed by atoms with Crippen LogP contribution >= 0.6 is 27.5 Å². The van der Waals surface area contributed by atoms with Crippen molar-refractivity contribution in [2.45, 2.75) is 0 Å². The van der Waals surface area contributed by atoms with Crippen LogP contribution in [0.1, 0.15) is 5.56 Å². The van der Waals surface area contributed by atoms with Gasteiger partial charge < -0.3 is 5.73 Å². The van der Waals surface area contributed by atoms with Crippen molar-refractivity contribution in [3.63, 3.8) is 0 Å². The van der Waals surface area contributed by atoms with E-state index in [9.17, 15) is 0 Å². The molecule has 0 unspecified atom stereocenters. The summed E-state index contributed by atoms with van der Waals surface area (Å²) in [6, 6.07) is 7.16. The Hall–Kier alpha value is -0.980. The summed E-state index contributed by atoms with van der Waals surface area (Å²) in [6.07, 6.45) is 1.26. The van der Waals surface area contributed by atoms with Crippen molar-refractivity contribution in [3.05, 3.63) is 39.3 Å². The van der Waals surface area contributed by atoms with Gasteiger partial charge in [0.05, 0.1) is 16.8 Å². The van der Waals surface area contributed by atoms with Crippen LogP contribution in [0.15, 0.2) is 28.7 Å². The van der Waals surface area contributed by atoms with Crippen LogP contribution in [0, 0.1) is 11.3 Å². The molecule has 0 spiro atoms. The largest absolute Gasteiger partial charge is 0.398 e. The first-order valence-electron chi connectivity index (χ1n) is 3.46. The van der Waals surface area contributed by atoms with E-state index in [2.05, 4.69) is 15.9 Å². The summed E-state index contributed by atoms with van der Waals surface area (Å²) in [7, 11) is 0. The second-order valence-electron chi connectivity index (χ2n) is 2.35. The maximum absolute atomic E-state index is 8.38. The first-order chi connectivity index (χ1) is 6.15. The second kappa shape index (κ2) is 4.31. The SMILES string of the molecule is N#C/C=C(\N)c1ccc(Br)cc1Cl. The lowest BCUT2D eigenvalue weighted by Gasteiger charge is -2.02. The highest BCUT2D eigenvalue weighted by Gasteiger charge is 2.02. The number of nitriles is 1. The Balaban J connectivity index is 3.18. The summed E-state index contributed by atoms with van der Waals surface area (Å²) in [5, 5.41) is 8.91. The third-order valence-corrected chi connectivity index (χ3v) is 2.27. The molecule has 0 aromatic heterocycles. The van der Waals surface area contributed by atoms with Crippen LogP contribution in [-0.2, 0) is 0 Å². The highest BCUT2D eigenvalue weighted by molar-refractivity contribution is 9.10. The van der Waals surface area contributed by atoms with Crippen LogP contribution < -0.4 is 5.73 Å². The summed E-state index contributed by atoms with van der Waals surface area (Å²) in [6.45, 7) is 0. The van der Waals surface area contributed by atoms with Gasteiger partial charge in [0.2, 0.25) is 0 Å². The van der Waals surface area contributed by atoms with Crippen LogP contribution in [0.5, 0.6) is 0 Å². The Bertz CT molecular complexity index is 393. The van der Waals surface area contributed by atoms with Gasteiger partial charge in [-0.1, -0.05) is 33.6 Å². The molecule has 2 nitrogen and oxygen atoms in total. The molecule has 0 aliphatic carbocycles. The van der Waals surface area contributed by atoms with Crippen LogP contribution in [0.25, 0.3) is 5.70 Å². The maximum Gasteiger partial charge on any atom is 0.0933 e. The third-order valence-electron chi connectivity index (χ3n) is 1.46. The summed E-state index contributed by atoms with van der Waals surface area (Å²) >= 11 is 9.17. The van der Waals surface area contributed by atoms with Crippen molar-refractivity contribution in [2.75, 3.05) is 0 Å². The van der Waals surface area contributed by atoms with Gasteiger partial charge in [-0.15, -0.1) is 0 Å². The van der Waals surface area contributed by atoms with E-state index in [1.54, 1.807) is 12.1 Å². The molecule has 0 heterocycles. The number of nitrogens with zero attached hydrogens (tertiary/aromatic N) is 1. The Morgan fingerprint density at radius 2 is 2.31 bits per heavy atom. The molecule has 1 rings (SSSR count). The smallest absolute Gasteiger partial charge is 0.0933 e. The lowest BCUT2D eigenvalue weighted by atomic mass is 10.1. The highest BCUT2D eigenvalue weighted by atomic mass is 79.9. The van der Waals surface area contributed by atoms with E-state index >= 15 is 0 Å². The minimum Gasteiger partial charge on any atom is -0.398 e. The topological polar surface area (TPSA) is 49.8 Å². The summed E-state index contributed by atoms with van der Waals surface area (Å²) in [5.41, 5.74) is 6.64. The van der Waals surface area contributed by atoms with E-state index in [0.717, 1.165) is 4.47 Å². The van der Waals surface area contributed by atoms with Gasteiger partial charge in [0, 0.05) is 16.1 Å². The van der Waals surface area contributed by atoms with Gasteiger partial charge in [0.1, 0.15) is 0 Å². The molecule has 1 aromatic carbocycles. The average Bonchev–Trinajstić information content (AvgIpc) is 2.04. The van der Waals surface area contributed by atoms with Crippen molar-refractivity contribution in [3.8, 4) is 6.07 Å². The molecule has 0 atom stereocenters. The lowest BCUT2D eigenvalue weighted by Crippen LogP contribution is -1.96. The molecule has 0 radical (unpaired) electrons. The van der Waals surface area contributed by atoms with Crippen LogP contribution in [0.3, 0.4) is 0 Å². The number of rotatable bonds is 1. The van der Waals surface area contributed by atoms with Gasteiger partial charge in [-0.2, -0.15) is 5.26 Å². The van der Waals surface area contributed by atoms with Crippen molar-refractivity contribution in [1.82, 2.24) is 0 Å². The zero-order valence-corrected chi connectivity index (χ0v) is 8.93. The van der Waals surface area contributed by atoms with Crippen molar-refractivity contribution in [2.24, 2.45) is 5.73 Å². The monoisotopic (exact) mass is 256 g/mol. The van der Waals surface area contributed by atoms with Gasteiger partial charge in [-0.3, -0.25) is 0 Å². The molecule has 66 valence electrons. The van der Waals surface area contributed by atoms with Crippen molar-refractivity contribution >= 4 is 33.2 Å². The summed E-state index contributed by atoms with van der Waals surface area (Å²) < 4.78 is 0.881. The third kappa shape index (κ3) is 2.48. The number of nitrogens with two attached hydrogens (primary N) is 1. The zero-order valence-electron chi connectivity index (χ0n) is 6.59. The average molecular weight is 258 g/mol. The van der Waals surface area contributed by atoms with E-state index in [0.29, 0.717) is 16.3 Å². The minimum atomic E-state index is 0.375. The Kier molecular flexibility index (Phi) is 3.35. The number of benzene rings is 1. The van der Waals surface area contributed by atoms with E-state index in [-0.39, 0.29) is 0 Å². The van der Waals surface area contributed by atoms with Gasteiger partial charge in [-0.25, -0.2) is 0 Å². The minimum absolute atomic E-state index is 0.375. The molecule has 13 heavy (non-hydrogen) atoms. The molecule has 0 amide bonds. The quantitative estimate of drug-likeness (QED) is 0.787. The molecular formula is C9H6BrClN2. The molecule has 4 heteroatoms. The molecule has 0 aliphatic rings. The number of hydrogen-bond donors (Lipinski definition) is 1. The number of hydrogen-bond acceptors (Lipinski definition) is 2. The van der Waals surface area contributed by atoms with Crippen molar-refractivity contribution < 1.29 is 0 Å². The molecule has 0 saturated heterocycles. The zero-order chi connectivity index (χ0) is 9.84. The Morgan fingerprint density at radius 1 is 1.62 bits per heavy atom. The van der Waals surface area contributed by atoms with Crippen LogP contribution in [0.2, 0.25) is 5.02 Å². The first-order valence-corrected chi connectivity index (χ1v) is 4.63. The van der Waals surface area contributed by atoms with Crippen LogP contribution in [0.4, 0.5) is 0 Å². The molecular weight excluding hydrogens is 251 g/mol. The van der Waals surface area contributed by atoms with Gasteiger partial charge in [0.25, 0.3) is 0 Å². The fraction of sp³-hybridized carbons (Fsp3) is 0. The Labute approximate surface area is 89.7 Å². The van der Waals surface area contributed by atoms with E-state index in [4.69, 9.17) is 22.6 Å². The second-order valence-corrected chi connectivity index (χ2v) is 3.68. The fourth-order valence-electron chi connectivity index (χ4n) is 0.871. The first kappa shape index (κ1) is 10.1. The standard InChI is InChI=1S/C9H6BrClN2/c10-6-1-2-7(8(11)5-6)9(13)3-4-12/h1-3,5H,13H2/b9-3-. The predicted octanol–water partition coefficient (Wildman–Crippen LogP) is 2.93. The van der Waals surface area contributed by atoms with Gasteiger partial charge in [-0.05, 0) is 12.1 Å².